The van der Waals surface area contributed by atoms with Crippen molar-refractivity contribution in [1.29, 1.82) is 0 Å². The zero-order valence-corrected chi connectivity index (χ0v) is 11.8. The number of hydrogen-bond acceptors (Lipinski definition) is 5. The Bertz CT molecular complexity index is 523. The number of rotatable bonds is 3. The van der Waals surface area contributed by atoms with Crippen molar-refractivity contribution in [2.24, 2.45) is 0 Å². The van der Waals surface area contributed by atoms with E-state index in [9.17, 15) is 0 Å². The Morgan fingerprint density at radius 2 is 2.06 bits per heavy atom. The van der Waals surface area contributed by atoms with E-state index in [0.717, 1.165) is 20.1 Å². The Morgan fingerprint density at radius 3 is 2.59 bits per heavy atom. The summed E-state index contributed by atoms with van der Waals surface area (Å²) in [5, 5.41) is 0.814. The summed E-state index contributed by atoms with van der Waals surface area (Å²) >= 11 is 4.82. The van der Waals surface area contributed by atoms with Crippen LogP contribution < -0.4 is 15.2 Å². The van der Waals surface area contributed by atoms with E-state index >= 15 is 0 Å². The number of thiazole rings is 1. The van der Waals surface area contributed by atoms with Crippen LogP contribution in [0.1, 0.15) is 0 Å². The van der Waals surface area contributed by atoms with Crippen LogP contribution in [-0.2, 0) is 0 Å². The van der Waals surface area contributed by atoms with Crippen molar-refractivity contribution in [1.82, 2.24) is 4.98 Å². The van der Waals surface area contributed by atoms with Crippen LogP contribution in [-0.4, -0.2) is 19.2 Å². The summed E-state index contributed by atoms with van der Waals surface area (Å²) in [6.07, 6.45) is 0. The van der Waals surface area contributed by atoms with Crippen LogP contribution in [0.3, 0.4) is 0 Å². The third kappa shape index (κ3) is 2.37. The number of aromatic nitrogens is 1. The molecule has 0 aliphatic carbocycles. The van der Waals surface area contributed by atoms with Crippen LogP contribution in [0.25, 0.3) is 10.6 Å². The summed E-state index contributed by atoms with van der Waals surface area (Å²) in [6, 6.07) is 5.59. The number of ether oxygens (including phenoxy) is 2. The number of nitrogens with two attached hydrogens (primary N) is 1. The number of methoxy groups -OCH3 is 2. The van der Waals surface area contributed by atoms with Gasteiger partial charge in [0, 0.05) is 6.07 Å². The first-order valence-corrected chi connectivity index (χ1v) is 6.41. The first kappa shape index (κ1) is 12.2. The van der Waals surface area contributed by atoms with Gasteiger partial charge in [-0.05, 0) is 28.1 Å². The first-order chi connectivity index (χ1) is 8.15. The summed E-state index contributed by atoms with van der Waals surface area (Å²) in [4.78, 5) is 4.27. The Balaban J connectivity index is 2.51. The molecular weight excluding hydrogens is 304 g/mol. The predicted molar refractivity (Wildman–Crippen MR) is 72.8 cm³/mol. The molecule has 0 radical (unpaired) electrons. The molecule has 1 aromatic heterocycles. The van der Waals surface area contributed by atoms with Crippen LogP contribution in [0.15, 0.2) is 22.0 Å². The van der Waals surface area contributed by atoms with E-state index < -0.39 is 0 Å². The third-order valence-electron chi connectivity index (χ3n) is 2.25. The van der Waals surface area contributed by atoms with Gasteiger partial charge in [-0.1, -0.05) is 0 Å². The molecule has 2 aromatic rings. The molecule has 0 saturated heterocycles. The second kappa shape index (κ2) is 4.93. The van der Waals surface area contributed by atoms with Crippen molar-refractivity contribution < 1.29 is 9.47 Å². The van der Waals surface area contributed by atoms with Crippen molar-refractivity contribution in [2.45, 2.75) is 0 Å². The minimum absolute atomic E-state index is 0.489. The summed E-state index contributed by atoms with van der Waals surface area (Å²) in [5.41, 5.74) is 6.61. The fourth-order valence-electron chi connectivity index (χ4n) is 1.40. The lowest BCUT2D eigenvalue weighted by Crippen LogP contribution is -1.90. The Kier molecular flexibility index (Phi) is 3.54. The highest BCUT2D eigenvalue weighted by molar-refractivity contribution is 9.11. The molecular formula is C11H11BrN2O2S. The highest BCUT2D eigenvalue weighted by atomic mass is 79.9. The molecule has 0 unspecified atom stereocenters. The molecule has 4 nitrogen and oxygen atoms in total. The van der Waals surface area contributed by atoms with E-state index in [0.29, 0.717) is 11.6 Å². The lowest BCUT2D eigenvalue weighted by atomic mass is 10.2. The number of nitrogen functional groups attached to an aromatic ring is 1. The number of halogens is 1. The molecule has 0 amide bonds. The minimum atomic E-state index is 0.489. The van der Waals surface area contributed by atoms with Crippen molar-refractivity contribution in [3.63, 3.8) is 0 Å². The molecule has 0 atom stereocenters. The van der Waals surface area contributed by atoms with Crippen LogP contribution >= 0.6 is 27.3 Å². The van der Waals surface area contributed by atoms with Gasteiger partial charge >= 0.3 is 0 Å². The van der Waals surface area contributed by atoms with E-state index in [1.165, 1.54) is 11.3 Å². The van der Waals surface area contributed by atoms with Crippen LogP contribution in [0.5, 0.6) is 11.5 Å². The lowest BCUT2D eigenvalue weighted by molar-refractivity contribution is 0.395. The van der Waals surface area contributed by atoms with Crippen molar-refractivity contribution >= 4 is 33.1 Å². The van der Waals surface area contributed by atoms with Crippen molar-refractivity contribution in [3.05, 3.63) is 22.0 Å². The molecule has 0 saturated carbocycles. The zero-order valence-electron chi connectivity index (χ0n) is 9.36. The smallest absolute Gasteiger partial charge is 0.149 e. The van der Waals surface area contributed by atoms with Gasteiger partial charge < -0.3 is 15.2 Å². The van der Waals surface area contributed by atoms with Crippen LogP contribution in [0.2, 0.25) is 0 Å². The van der Waals surface area contributed by atoms with E-state index in [-0.39, 0.29) is 0 Å². The standard InChI is InChI=1S/C11H11BrN2O2S/c1-15-6-3-4-7(8(5-6)16-2)11-14-10(13)9(12)17-11/h3-5H,13H2,1-2H3. The monoisotopic (exact) mass is 314 g/mol. The van der Waals surface area contributed by atoms with Crippen LogP contribution in [0, 0.1) is 0 Å². The van der Waals surface area contributed by atoms with Gasteiger partial charge in [-0.3, -0.25) is 0 Å². The fraction of sp³-hybridized carbons (Fsp3) is 0.182. The van der Waals surface area contributed by atoms with Gasteiger partial charge in [0.25, 0.3) is 0 Å². The van der Waals surface area contributed by atoms with Gasteiger partial charge in [-0.25, -0.2) is 4.98 Å². The van der Waals surface area contributed by atoms with Crippen molar-refractivity contribution in [3.8, 4) is 22.1 Å². The number of nitrogens with zero attached hydrogens (tertiary/aromatic N) is 1. The molecule has 1 aromatic carbocycles. The van der Waals surface area contributed by atoms with E-state index in [1.807, 2.05) is 18.2 Å². The zero-order chi connectivity index (χ0) is 12.4. The quantitative estimate of drug-likeness (QED) is 0.945. The van der Waals surface area contributed by atoms with Crippen molar-refractivity contribution in [2.75, 3.05) is 20.0 Å². The predicted octanol–water partition coefficient (Wildman–Crippen LogP) is 3.17. The minimum Gasteiger partial charge on any atom is -0.497 e. The molecule has 0 spiro atoms. The highest BCUT2D eigenvalue weighted by Crippen LogP contribution is 2.39. The number of hydrogen-bond donors (Lipinski definition) is 1. The van der Waals surface area contributed by atoms with Crippen LogP contribution in [0.4, 0.5) is 5.82 Å². The maximum Gasteiger partial charge on any atom is 0.149 e. The Hall–Kier alpha value is -1.27. The molecule has 0 fully saturated rings. The largest absolute Gasteiger partial charge is 0.497 e. The molecule has 1 heterocycles. The third-order valence-corrected chi connectivity index (χ3v) is 4.03. The average Bonchev–Trinajstić information content (AvgIpc) is 2.68. The lowest BCUT2D eigenvalue weighted by Gasteiger charge is -2.07. The van der Waals surface area contributed by atoms with Gasteiger partial charge in [-0.15, -0.1) is 11.3 Å². The molecule has 6 heteroatoms. The summed E-state index contributed by atoms with van der Waals surface area (Å²) in [7, 11) is 3.23. The maximum atomic E-state index is 5.71. The molecule has 2 N–H and O–H groups in total. The van der Waals surface area contributed by atoms with E-state index in [4.69, 9.17) is 15.2 Å². The summed E-state index contributed by atoms with van der Waals surface area (Å²) in [6.45, 7) is 0. The second-order valence-corrected chi connectivity index (χ2v) is 5.56. The number of benzene rings is 1. The topological polar surface area (TPSA) is 57.4 Å². The average molecular weight is 315 g/mol. The highest BCUT2D eigenvalue weighted by Gasteiger charge is 2.13. The van der Waals surface area contributed by atoms with Gasteiger partial charge in [0.15, 0.2) is 0 Å². The second-order valence-electron chi connectivity index (χ2n) is 3.24. The van der Waals surface area contributed by atoms with Gasteiger partial charge in [-0.2, -0.15) is 0 Å². The SMILES string of the molecule is COc1ccc(-c2nc(N)c(Br)s2)c(OC)c1. The first-order valence-electron chi connectivity index (χ1n) is 4.80. The molecule has 0 aliphatic rings. The molecule has 0 aliphatic heterocycles. The van der Waals surface area contributed by atoms with Gasteiger partial charge in [0.2, 0.25) is 0 Å². The molecule has 0 bridgehead atoms. The summed E-state index contributed by atoms with van der Waals surface area (Å²) < 4.78 is 11.3. The van der Waals surface area contributed by atoms with Gasteiger partial charge in [0.1, 0.15) is 26.1 Å². The molecule has 90 valence electrons. The molecule has 2 rings (SSSR count). The Morgan fingerprint density at radius 1 is 1.29 bits per heavy atom. The summed E-state index contributed by atoms with van der Waals surface area (Å²) in [5.74, 6) is 1.95. The molecule has 17 heavy (non-hydrogen) atoms. The maximum absolute atomic E-state index is 5.71. The Labute approximate surface area is 112 Å². The van der Waals surface area contributed by atoms with Gasteiger partial charge in [0.05, 0.1) is 19.8 Å². The normalized spacial score (nSPS) is 10.3. The van der Waals surface area contributed by atoms with E-state index in [1.54, 1.807) is 14.2 Å². The number of anilines is 1. The van der Waals surface area contributed by atoms with E-state index in [2.05, 4.69) is 20.9 Å². The fourth-order valence-corrected chi connectivity index (χ4v) is 2.69.